The van der Waals surface area contributed by atoms with E-state index in [1.54, 1.807) is 30.3 Å². The standard InChI is InChI=1S/C10H15N7/c1-7(2)13-9-14-8(11-3)15-10(16-9)17-5-4-12-6-17/h4-7H,1-3H3,(H2,11,13,14,15,16). The van der Waals surface area contributed by atoms with Gasteiger partial charge in [-0.1, -0.05) is 0 Å². The van der Waals surface area contributed by atoms with Crippen molar-refractivity contribution in [3.05, 3.63) is 18.7 Å². The molecule has 0 saturated carbocycles. The highest BCUT2D eigenvalue weighted by atomic mass is 15.3. The van der Waals surface area contributed by atoms with Crippen molar-refractivity contribution in [2.75, 3.05) is 17.7 Å². The Kier molecular flexibility index (Phi) is 3.17. The quantitative estimate of drug-likeness (QED) is 0.817. The molecule has 2 N–H and O–H groups in total. The van der Waals surface area contributed by atoms with Crippen molar-refractivity contribution in [2.45, 2.75) is 19.9 Å². The van der Waals surface area contributed by atoms with Gasteiger partial charge in [0.25, 0.3) is 0 Å². The Morgan fingerprint density at radius 2 is 1.94 bits per heavy atom. The SMILES string of the molecule is CNc1nc(NC(C)C)nc(-n2ccnc2)n1. The highest BCUT2D eigenvalue weighted by Crippen LogP contribution is 2.09. The molecule has 0 atom stereocenters. The first-order valence-electron chi connectivity index (χ1n) is 5.37. The molecule has 0 unspecified atom stereocenters. The summed E-state index contributed by atoms with van der Waals surface area (Å²) in [6.07, 6.45) is 5.11. The van der Waals surface area contributed by atoms with E-state index in [-0.39, 0.29) is 6.04 Å². The van der Waals surface area contributed by atoms with Crippen LogP contribution < -0.4 is 10.6 Å². The van der Waals surface area contributed by atoms with Gasteiger partial charge in [0.05, 0.1) is 0 Å². The van der Waals surface area contributed by atoms with Crippen molar-refractivity contribution in [1.29, 1.82) is 0 Å². The summed E-state index contributed by atoms with van der Waals surface area (Å²) in [4.78, 5) is 16.8. The van der Waals surface area contributed by atoms with Crippen LogP contribution in [0.15, 0.2) is 18.7 Å². The first-order chi connectivity index (χ1) is 8.19. The molecule has 0 aliphatic carbocycles. The van der Waals surface area contributed by atoms with Gasteiger partial charge in [-0.15, -0.1) is 0 Å². The summed E-state index contributed by atoms with van der Waals surface area (Å²) < 4.78 is 1.73. The topological polar surface area (TPSA) is 80.5 Å². The van der Waals surface area contributed by atoms with E-state index in [9.17, 15) is 0 Å². The summed E-state index contributed by atoms with van der Waals surface area (Å²) in [5.74, 6) is 1.60. The Bertz CT molecular complexity index is 477. The van der Waals surface area contributed by atoms with E-state index in [0.29, 0.717) is 17.8 Å². The van der Waals surface area contributed by atoms with E-state index in [2.05, 4.69) is 30.6 Å². The third-order valence-electron chi connectivity index (χ3n) is 2.00. The van der Waals surface area contributed by atoms with Gasteiger partial charge in [0.2, 0.25) is 17.8 Å². The van der Waals surface area contributed by atoms with Crippen molar-refractivity contribution in [1.82, 2.24) is 24.5 Å². The fraction of sp³-hybridized carbons (Fsp3) is 0.400. The van der Waals surface area contributed by atoms with Crippen LogP contribution in [0.1, 0.15) is 13.8 Å². The number of rotatable bonds is 4. The second kappa shape index (κ2) is 4.77. The van der Waals surface area contributed by atoms with Crippen LogP contribution in [0.2, 0.25) is 0 Å². The Morgan fingerprint density at radius 1 is 1.18 bits per heavy atom. The number of imidazole rings is 1. The van der Waals surface area contributed by atoms with E-state index in [0.717, 1.165) is 0 Å². The Balaban J connectivity index is 2.38. The lowest BCUT2D eigenvalue weighted by Gasteiger charge is -2.10. The zero-order valence-electron chi connectivity index (χ0n) is 10.0. The maximum Gasteiger partial charge on any atom is 0.241 e. The van der Waals surface area contributed by atoms with Gasteiger partial charge < -0.3 is 10.6 Å². The minimum Gasteiger partial charge on any atom is -0.357 e. The average molecular weight is 233 g/mol. The lowest BCUT2D eigenvalue weighted by molar-refractivity contribution is 0.844. The molecule has 0 amide bonds. The van der Waals surface area contributed by atoms with Crippen molar-refractivity contribution in [3.8, 4) is 5.95 Å². The summed E-state index contributed by atoms with van der Waals surface area (Å²) in [5, 5.41) is 6.05. The third-order valence-corrected chi connectivity index (χ3v) is 2.00. The van der Waals surface area contributed by atoms with Crippen LogP contribution in [-0.2, 0) is 0 Å². The zero-order chi connectivity index (χ0) is 12.3. The smallest absolute Gasteiger partial charge is 0.241 e. The molecule has 0 saturated heterocycles. The largest absolute Gasteiger partial charge is 0.357 e. The minimum absolute atomic E-state index is 0.262. The average Bonchev–Trinajstić information content (AvgIpc) is 2.81. The van der Waals surface area contributed by atoms with Crippen LogP contribution in [0.5, 0.6) is 0 Å². The molecule has 0 aliphatic rings. The van der Waals surface area contributed by atoms with Crippen LogP contribution in [0, 0.1) is 0 Å². The number of hydrogen-bond donors (Lipinski definition) is 2. The van der Waals surface area contributed by atoms with Crippen molar-refractivity contribution >= 4 is 11.9 Å². The molecular formula is C10H15N7. The molecule has 90 valence electrons. The van der Waals surface area contributed by atoms with Gasteiger partial charge in [0.15, 0.2) is 0 Å². The maximum absolute atomic E-state index is 4.31. The Morgan fingerprint density at radius 3 is 2.53 bits per heavy atom. The van der Waals surface area contributed by atoms with Gasteiger partial charge >= 0.3 is 0 Å². The van der Waals surface area contributed by atoms with Gasteiger partial charge in [-0.3, -0.25) is 4.57 Å². The van der Waals surface area contributed by atoms with Crippen LogP contribution >= 0.6 is 0 Å². The van der Waals surface area contributed by atoms with Crippen LogP contribution in [0.4, 0.5) is 11.9 Å². The highest BCUT2D eigenvalue weighted by molar-refractivity contribution is 5.37. The fourth-order valence-corrected chi connectivity index (χ4v) is 1.29. The molecule has 0 aromatic carbocycles. The number of anilines is 2. The van der Waals surface area contributed by atoms with Crippen LogP contribution in [-0.4, -0.2) is 37.6 Å². The van der Waals surface area contributed by atoms with E-state index >= 15 is 0 Å². The molecule has 17 heavy (non-hydrogen) atoms. The van der Waals surface area contributed by atoms with E-state index in [4.69, 9.17) is 0 Å². The van der Waals surface area contributed by atoms with Gasteiger partial charge in [0.1, 0.15) is 6.33 Å². The molecule has 7 nitrogen and oxygen atoms in total. The lowest BCUT2D eigenvalue weighted by atomic mass is 10.4. The van der Waals surface area contributed by atoms with Crippen molar-refractivity contribution < 1.29 is 0 Å². The summed E-state index contributed by atoms with van der Waals surface area (Å²) in [5.41, 5.74) is 0. The number of nitrogens with one attached hydrogen (secondary N) is 2. The molecule has 0 spiro atoms. The molecule has 2 aromatic heterocycles. The Labute approximate surface area is 99.3 Å². The molecular weight excluding hydrogens is 218 g/mol. The Hall–Kier alpha value is -2.18. The third kappa shape index (κ3) is 2.68. The second-order valence-corrected chi connectivity index (χ2v) is 3.80. The predicted molar refractivity (Wildman–Crippen MR) is 65.3 cm³/mol. The monoisotopic (exact) mass is 233 g/mol. The molecule has 7 heteroatoms. The molecule has 2 heterocycles. The van der Waals surface area contributed by atoms with Crippen molar-refractivity contribution in [3.63, 3.8) is 0 Å². The second-order valence-electron chi connectivity index (χ2n) is 3.80. The molecule has 0 bridgehead atoms. The maximum atomic E-state index is 4.31. The first-order valence-corrected chi connectivity index (χ1v) is 5.37. The molecule has 0 radical (unpaired) electrons. The van der Waals surface area contributed by atoms with Gasteiger partial charge in [-0.05, 0) is 13.8 Å². The fourth-order valence-electron chi connectivity index (χ4n) is 1.29. The zero-order valence-corrected chi connectivity index (χ0v) is 10.0. The molecule has 0 aliphatic heterocycles. The van der Waals surface area contributed by atoms with E-state index in [1.165, 1.54) is 0 Å². The number of aromatic nitrogens is 5. The van der Waals surface area contributed by atoms with Gasteiger partial charge in [-0.25, -0.2) is 4.98 Å². The first kappa shape index (κ1) is 11.3. The molecule has 0 fully saturated rings. The predicted octanol–water partition coefficient (Wildman–Crippen LogP) is 0.919. The van der Waals surface area contributed by atoms with Gasteiger partial charge in [-0.2, -0.15) is 15.0 Å². The summed E-state index contributed by atoms with van der Waals surface area (Å²) in [7, 11) is 1.77. The highest BCUT2D eigenvalue weighted by Gasteiger charge is 2.07. The minimum atomic E-state index is 0.262. The summed E-state index contributed by atoms with van der Waals surface area (Å²) in [6.45, 7) is 4.06. The van der Waals surface area contributed by atoms with Crippen molar-refractivity contribution in [2.24, 2.45) is 0 Å². The number of nitrogens with zero attached hydrogens (tertiary/aromatic N) is 5. The van der Waals surface area contributed by atoms with Crippen LogP contribution in [0.3, 0.4) is 0 Å². The molecule has 2 rings (SSSR count). The van der Waals surface area contributed by atoms with Gasteiger partial charge in [0, 0.05) is 25.5 Å². The normalized spacial score (nSPS) is 10.6. The number of hydrogen-bond acceptors (Lipinski definition) is 6. The lowest BCUT2D eigenvalue weighted by Crippen LogP contribution is -2.15. The van der Waals surface area contributed by atoms with Crippen LogP contribution in [0.25, 0.3) is 5.95 Å². The summed E-state index contributed by atoms with van der Waals surface area (Å²) in [6, 6.07) is 0.262. The van der Waals surface area contributed by atoms with E-state index < -0.39 is 0 Å². The summed E-state index contributed by atoms with van der Waals surface area (Å²) >= 11 is 0. The van der Waals surface area contributed by atoms with E-state index in [1.807, 2.05) is 13.8 Å². The molecule has 2 aromatic rings.